The van der Waals surface area contributed by atoms with Gasteiger partial charge in [-0.3, -0.25) is 9.58 Å². The molecule has 0 fully saturated rings. The Labute approximate surface area is 122 Å². The molecule has 114 valence electrons. The highest BCUT2D eigenvalue weighted by Gasteiger charge is 2.14. The van der Waals surface area contributed by atoms with Gasteiger partial charge in [-0.1, -0.05) is 0 Å². The number of rotatable bonds is 6. The Kier molecular flexibility index (Phi) is 4.90. The van der Waals surface area contributed by atoms with Crippen LogP contribution in [0.1, 0.15) is 18.1 Å². The third-order valence-electron chi connectivity index (χ3n) is 3.24. The molecule has 0 aliphatic heterocycles. The Morgan fingerprint density at radius 1 is 1.24 bits per heavy atom. The van der Waals surface area contributed by atoms with Gasteiger partial charge in [0.2, 0.25) is 0 Å². The van der Waals surface area contributed by atoms with Gasteiger partial charge >= 0.3 is 0 Å². The van der Waals surface area contributed by atoms with Gasteiger partial charge in [-0.15, -0.1) is 0 Å². The van der Waals surface area contributed by atoms with E-state index in [-0.39, 0.29) is 17.9 Å². The van der Waals surface area contributed by atoms with Crippen LogP contribution in [0, 0.1) is 11.6 Å². The zero-order chi connectivity index (χ0) is 15.4. The smallest absolute Gasteiger partial charge is 0.134 e. The molecule has 0 aliphatic carbocycles. The molecule has 21 heavy (non-hydrogen) atoms. The summed E-state index contributed by atoms with van der Waals surface area (Å²) in [5.74, 6) is -1.01. The molecule has 4 nitrogen and oxygen atoms in total. The zero-order valence-electron chi connectivity index (χ0n) is 12.4. The predicted molar refractivity (Wildman–Crippen MR) is 76.0 cm³/mol. The summed E-state index contributed by atoms with van der Waals surface area (Å²) in [5.41, 5.74) is 1.05. The van der Waals surface area contributed by atoms with E-state index in [1.54, 1.807) is 6.20 Å². The van der Waals surface area contributed by atoms with Gasteiger partial charge in [-0.25, -0.2) is 8.78 Å². The first kappa shape index (κ1) is 15.4. The van der Waals surface area contributed by atoms with E-state index in [9.17, 15) is 8.78 Å². The molecule has 0 radical (unpaired) electrons. The van der Waals surface area contributed by atoms with E-state index < -0.39 is 11.6 Å². The molecule has 6 heteroatoms. The third kappa shape index (κ3) is 3.78. The van der Waals surface area contributed by atoms with E-state index in [1.165, 1.54) is 19.2 Å². The van der Waals surface area contributed by atoms with Crippen LogP contribution in [0.5, 0.6) is 5.75 Å². The van der Waals surface area contributed by atoms with Crippen LogP contribution >= 0.6 is 0 Å². The van der Waals surface area contributed by atoms with E-state index in [0.717, 1.165) is 12.1 Å². The van der Waals surface area contributed by atoms with Crippen molar-refractivity contribution in [3.05, 3.63) is 47.3 Å². The average molecular weight is 295 g/mol. The fourth-order valence-corrected chi connectivity index (χ4v) is 2.15. The fourth-order valence-electron chi connectivity index (χ4n) is 2.15. The highest BCUT2D eigenvalue weighted by Crippen LogP contribution is 2.22. The number of aromatic nitrogens is 2. The minimum atomic E-state index is -0.594. The largest absolute Gasteiger partial charge is 0.497 e. The molecule has 2 rings (SSSR count). The summed E-state index contributed by atoms with van der Waals surface area (Å²) in [7, 11) is 3.19. The third-order valence-corrected chi connectivity index (χ3v) is 3.24. The minimum Gasteiger partial charge on any atom is -0.497 e. The first-order chi connectivity index (χ1) is 10.0. The molecule has 0 bridgehead atoms. The van der Waals surface area contributed by atoms with Gasteiger partial charge in [0.1, 0.15) is 17.4 Å². The van der Waals surface area contributed by atoms with Crippen LogP contribution in [0.4, 0.5) is 8.78 Å². The predicted octanol–water partition coefficient (Wildman–Crippen LogP) is 2.82. The number of aryl methyl sites for hydroxylation is 1. The first-order valence-electron chi connectivity index (χ1n) is 6.75. The van der Waals surface area contributed by atoms with Crippen LogP contribution in [0.2, 0.25) is 0 Å². The van der Waals surface area contributed by atoms with Crippen molar-refractivity contribution in [2.24, 2.45) is 0 Å². The molecule has 0 saturated heterocycles. The Morgan fingerprint density at radius 3 is 2.43 bits per heavy atom. The van der Waals surface area contributed by atoms with Gasteiger partial charge in [0, 0.05) is 49.1 Å². The summed E-state index contributed by atoms with van der Waals surface area (Å²) in [4.78, 5) is 1.84. The van der Waals surface area contributed by atoms with Crippen molar-refractivity contribution in [3.63, 3.8) is 0 Å². The number of ether oxygens (including phenoxy) is 1. The lowest BCUT2D eigenvalue weighted by atomic mass is 10.1. The van der Waals surface area contributed by atoms with E-state index in [2.05, 4.69) is 5.10 Å². The van der Waals surface area contributed by atoms with E-state index in [0.29, 0.717) is 6.54 Å². The Morgan fingerprint density at radius 2 is 1.90 bits per heavy atom. The minimum absolute atomic E-state index is 0.0428. The molecule has 0 saturated carbocycles. The van der Waals surface area contributed by atoms with Crippen molar-refractivity contribution in [2.75, 3.05) is 14.2 Å². The molecule has 0 amide bonds. The van der Waals surface area contributed by atoms with Gasteiger partial charge in [-0.05, 0) is 14.0 Å². The quantitative estimate of drug-likeness (QED) is 0.821. The number of hydrogen-bond acceptors (Lipinski definition) is 3. The van der Waals surface area contributed by atoms with Crippen LogP contribution in [-0.4, -0.2) is 28.8 Å². The van der Waals surface area contributed by atoms with Crippen LogP contribution in [0.15, 0.2) is 24.5 Å². The maximum Gasteiger partial charge on any atom is 0.134 e. The topological polar surface area (TPSA) is 30.3 Å². The second-order valence-corrected chi connectivity index (χ2v) is 4.95. The molecule has 0 unspecified atom stereocenters. The second-order valence-electron chi connectivity index (χ2n) is 4.95. The van der Waals surface area contributed by atoms with E-state index >= 15 is 0 Å². The number of methoxy groups -OCH3 is 1. The summed E-state index contributed by atoms with van der Waals surface area (Å²) < 4.78 is 34.4. The average Bonchev–Trinajstić information content (AvgIpc) is 2.90. The second kappa shape index (κ2) is 6.67. The van der Waals surface area contributed by atoms with Gasteiger partial charge in [0.25, 0.3) is 0 Å². The molecule has 0 N–H and O–H groups in total. The first-order valence-corrected chi connectivity index (χ1v) is 6.75. The molecule has 0 spiro atoms. The SMILES string of the molecule is CCn1cc(CN(C)Cc2c(F)cc(OC)cc2F)cn1. The van der Waals surface area contributed by atoms with Crippen molar-refractivity contribution >= 4 is 0 Å². The van der Waals surface area contributed by atoms with Crippen molar-refractivity contribution in [1.29, 1.82) is 0 Å². The lowest BCUT2D eigenvalue weighted by Crippen LogP contribution is -2.19. The van der Waals surface area contributed by atoms with Gasteiger partial charge in [-0.2, -0.15) is 5.10 Å². The van der Waals surface area contributed by atoms with Crippen molar-refractivity contribution in [1.82, 2.24) is 14.7 Å². The zero-order valence-corrected chi connectivity index (χ0v) is 12.4. The van der Waals surface area contributed by atoms with Gasteiger partial charge < -0.3 is 4.74 Å². The molecular weight excluding hydrogens is 276 g/mol. The maximum atomic E-state index is 13.9. The molecule has 0 atom stereocenters. The Bertz CT molecular complexity index is 590. The molecule has 1 aromatic carbocycles. The van der Waals surface area contributed by atoms with E-state index in [4.69, 9.17) is 4.74 Å². The summed E-state index contributed by atoms with van der Waals surface area (Å²) >= 11 is 0. The van der Waals surface area contributed by atoms with Crippen LogP contribution < -0.4 is 4.74 Å². The fraction of sp³-hybridized carbons (Fsp3) is 0.400. The summed E-state index contributed by atoms with van der Waals surface area (Å²) in [6.45, 7) is 3.55. The number of hydrogen-bond donors (Lipinski definition) is 0. The number of nitrogens with zero attached hydrogens (tertiary/aromatic N) is 3. The number of benzene rings is 1. The van der Waals surface area contributed by atoms with Gasteiger partial charge in [0.05, 0.1) is 13.3 Å². The molecule has 1 aromatic heterocycles. The van der Waals surface area contributed by atoms with Crippen molar-refractivity contribution in [3.8, 4) is 5.75 Å². The molecule has 0 aliphatic rings. The van der Waals surface area contributed by atoms with E-state index in [1.807, 2.05) is 29.7 Å². The lowest BCUT2D eigenvalue weighted by molar-refractivity contribution is 0.305. The highest BCUT2D eigenvalue weighted by molar-refractivity contribution is 5.30. The van der Waals surface area contributed by atoms with Crippen molar-refractivity contribution in [2.45, 2.75) is 26.6 Å². The maximum absolute atomic E-state index is 13.9. The summed E-state index contributed by atoms with van der Waals surface area (Å²) in [6.07, 6.45) is 3.69. The normalized spacial score (nSPS) is 11.1. The highest BCUT2D eigenvalue weighted by atomic mass is 19.1. The molecule has 1 heterocycles. The Hall–Kier alpha value is -1.95. The Balaban J connectivity index is 2.07. The monoisotopic (exact) mass is 295 g/mol. The summed E-state index contributed by atoms with van der Waals surface area (Å²) in [6, 6.07) is 2.39. The standard InChI is InChI=1S/C15H19F2N3O/c1-4-20-9-11(7-18-20)8-19(2)10-13-14(16)5-12(21-3)6-15(13)17/h5-7,9H,4,8,10H2,1-3H3. The van der Waals surface area contributed by atoms with Crippen LogP contribution in [0.3, 0.4) is 0 Å². The van der Waals surface area contributed by atoms with Crippen LogP contribution in [-0.2, 0) is 19.6 Å². The summed E-state index contributed by atoms with van der Waals surface area (Å²) in [5, 5.41) is 4.18. The lowest BCUT2D eigenvalue weighted by Gasteiger charge is -2.17. The van der Waals surface area contributed by atoms with Gasteiger partial charge in [0.15, 0.2) is 0 Å². The van der Waals surface area contributed by atoms with Crippen molar-refractivity contribution < 1.29 is 13.5 Å². The molecule has 2 aromatic rings. The molecular formula is C15H19F2N3O. The number of halogens is 2. The van der Waals surface area contributed by atoms with Crippen LogP contribution in [0.25, 0.3) is 0 Å².